The molecule has 0 aromatic carbocycles. The van der Waals surface area contributed by atoms with Crippen molar-refractivity contribution < 1.29 is 36.4 Å². The first-order valence-corrected chi connectivity index (χ1v) is 3.19. The van der Waals surface area contributed by atoms with E-state index in [4.69, 9.17) is 24.0 Å². The summed E-state index contributed by atoms with van der Waals surface area (Å²) in [5.41, 5.74) is 4.17. The third-order valence-corrected chi connectivity index (χ3v) is 0. The van der Waals surface area contributed by atoms with Gasteiger partial charge in [-0.3, -0.25) is 4.79 Å². The summed E-state index contributed by atoms with van der Waals surface area (Å²) < 4.78 is 0. The summed E-state index contributed by atoms with van der Waals surface area (Å²) in [5.74, 6) is 0. The van der Waals surface area contributed by atoms with Crippen LogP contribution in [0.4, 0.5) is 0 Å². The quantitative estimate of drug-likeness (QED) is 0.236. The van der Waals surface area contributed by atoms with E-state index in [1.54, 1.807) is 0 Å². The monoisotopic (exact) mass is 215 g/mol. The molecule has 0 aliphatic rings. The van der Waals surface area contributed by atoms with E-state index in [0.29, 0.717) is 0 Å². The first-order valence-electron chi connectivity index (χ1n) is 1.44. The number of rotatable bonds is 0. The molecule has 0 aromatic rings. The third-order valence-electron chi connectivity index (χ3n) is 0. The van der Waals surface area contributed by atoms with Crippen molar-refractivity contribution in [2.24, 2.45) is 5.73 Å². The fraction of sp³-hybridized carbons (Fsp3) is 0. The topological polar surface area (TPSA) is 127 Å². The molecule has 58 valence electrons. The maximum Gasteiger partial charge on any atom is 2.00 e. The van der Waals surface area contributed by atoms with Gasteiger partial charge in [0.15, 0.2) is 0 Å². The minimum atomic E-state index is -4.86. The predicted octanol–water partition coefficient (Wildman–Crippen LogP) is -7.52. The second-order valence-electron chi connectivity index (χ2n) is 0.710. The van der Waals surface area contributed by atoms with Crippen molar-refractivity contribution in [1.82, 2.24) is 0 Å². The van der Waals surface area contributed by atoms with Crippen LogP contribution < -0.4 is 22.9 Å². The summed E-state index contributed by atoms with van der Waals surface area (Å²) in [6.07, 6.45) is 0.250. The average molecular weight is 216 g/mol. The summed E-state index contributed by atoms with van der Waals surface area (Å²) in [5, 5.41) is 0. The summed E-state index contributed by atoms with van der Waals surface area (Å²) in [7, 11) is -4.86. The first kappa shape index (κ1) is 22.5. The Morgan fingerprint density at radius 2 is 1.40 bits per heavy atom. The molecule has 9 heteroatoms. The first-order chi connectivity index (χ1) is 3.41. The van der Waals surface area contributed by atoms with E-state index in [0.717, 1.165) is 0 Å². The number of hydrogen-bond acceptors (Lipinski definition) is 5. The minimum Gasteiger partial charge on any atom is -1.00 e. The van der Waals surface area contributed by atoms with Gasteiger partial charge in [0.1, 0.15) is 0 Å². The van der Waals surface area contributed by atoms with Crippen molar-refractivity contribution in [3.63, 3.8) is 0 Å². The summed E-state index contributed by atoms with van der Waals surface area (Å²) in [6.45, 7) is 0. The van der Waals surface area contributed by atoms with E-state index in [1.807, 2.05) is 0 Å². The van der Waals surface area contributed by atoms with Gasteiger partial charge in [-0.2, -0.15) is 0 Å². The summed E-state index contributed by atoms with van der Waals surface area (Å²) in [4.78, 5) is 39.1. The molecule has 1 amide bonds. The van der Waals surface area contributed by atoms with Crippen LogP contribution in [0.25, 0.3) is 0 Å². The van der Waals surface area contributed by atoms with Crippen LogP contribution in [-0.4, -0.2) is 67.6 Å². The normalized spacial score (nSPS) is 7.20. The fourth-order valence-corrected chi connectivity index (χ4v) is 0. The molecule has 0 bridgehead atoms. The van der Waals surface area contributed by atoms with E-state index in [-0.39, 0.29) is 56.6 Å². The number of hydrogen-bond donors (Lipinski definition) is 4. The smallest absolute Gasteiger partial charge is 1.00 e. The molecule has 0 aromatic heterocycles. The third kappa shape index (κ3) is 511. The fourth-order valence-electron chi connectivity index (χ4n) is 0. The molecule has 0 radical (unpaired) electrons. The van der Waals surface area contributed by atoms with Gasteiger partial charge in [-0.15, -0.1) is 0 Å². The summed E-state index contributed by atoms with van der Waals surface area (Å²) in [6, 6.07) is 0. The molecule has 0 heterocycles. The number of carbonyl (C=O) groups is 1. The molecule has 0 saturated heterocycles. The van der Waals surface area contributed by atoms with Crippen LogP contribution in [0.3, 0.4) is 0 Å². The van der Waals surface area contributed by atoms with Gasteiger partial charge in [0.05, 0.1) is 0 Å². The number of primary amides is 1. The molecule has 0 spiro atoms. The Morgan fingerprint density at radius 3 is 1.40 bits per heavy atom. The van der Waals surface area contributed by atoms with Gasteiger partial charge in [0, 0.05) is 0 Å². The van der Waals surface area contributed by atoms with Crippen LogP contribution in [0.2, 0.25) is 0 Å². The van der Waals surface area contributed by atoms with E-state index in [9.17, 15) is 0 Å². The van der Waals surface area contributed by atoms with Gasteiger partial charge in [0.25, 0.3) is 0 Å². The number of carbonyl (C=O) groups excluding carboxylic acids is 1. The minimum absolute atomic E-state index is 0. The molecule has 5 N–H and O–H groups in total. The Bertz CT molecular complexity index is 61.2. The largest absolute Gasteiger partial charge is 2.00 e. The number of halogens is 1. The van der Waals surface area contributed by atoms with Crippen molar-refractivity contribution in [2.75, 3.05) is 0 Å². The van der Waals surface area contributed by atoms with Crippen molar-refractivity contribution in [3.8, 4) is 0 Å². The SMILES string of the molecule is NC=O.[Ca+2].[Cl-].[O-][Si](O)(O)O. The molecule has 6 nitrogen and oxygen atoms in total. The van der Waals surface area contributed by atoms with E-state index >= 15 is 0 Å². The number of nitrogens with two attached hydrogens (primary N) is 1. The van der Waals surface area contributed by atoms with Gasteiger partial charge in [-0.25, -0.2) is 0 Å². The van der Waals surface area contributed by atoms with Crippen molar-refractivity contribution in [2.45, 2.75) is 0 Å². The zero-order valence-electron chi connectivity index (χ0n) is 4.90. The molecular weight excluding hydrogens is 210 g/mol. The van der Waals surface area contributed by atoms with E-state index < -0.39 is 9.05 Å². The van der Waals surface area contributed by atoms with Crippen LogP contribution in [0.15, 0.2) is 0 Å². The molecule has 0 unspecified atom stereocenters. The Balaban J connectivity index is -0.0000000326. The molecule has 0 saturated carbocycles. The molecule has 0 atom stereocenters. The maximum atomic E-state index is 8.91. The second-order valence-corrected chi connectivity index (χ2v) is 1.86. The van der Waals surface area contributed by atoms with Crippen LogP contribution in [0, 0.1) is 0 Å². The molecule has 0 aliphatic heterocycles. The van der Waals surface area contributed by atoms with E-state index in [2.05, 4.69) is 5.73 Å². The van der Waals surface area contributed by atoms with E-state index in [1.165, 1.54) is 0 Å². The molecule has 0 rings (SSSR count). The van der Waals surface area contributed by atoms with Gasteiger partial charge in [-0.05, 0) is 0 Å². The van der Waals surface area contributed by atoms with Crippen LogP contribution in [0.1, 0.15) is 0 Å². The molecule has 0 aliphatic carbocycles. The zero-order chi connectivity index (χ0) is 7.21. The van der Waals surface area contributed by atoms with Crippen LogP contribution in [-0.2, 0) is 4.79 Å². The second kappa shape index (κ2) is 12.7. The van der Waals surface area contributed by atoms with Crippen molar-refractivity contribution >= 4 is 53.2 Å². The van der Waals surface area contributed by atoms with Gasteiger partial charge in [0.2, 0.25) is 6.41 Å². The summed E-state index contributed by atoms with van der Waals surface area (Å²) >= 11 is 0. The standard InChI is InChI=1S/CH3NO.Ca.ClH.H3O4Si/c2-1-3;;;1-5(2,3)4/h1H,(H2,2,3);;1H;1-3H/q;+2;;-1/p-1. The Kier molecular flexibility index (Phi) is 28.6. The number of amides is 1. The predicted molar refractivity (Wildman–Crippen MR) is 28.4 cm³/mol. The van der Waals surface area contributed by atoms with Gasteiger partial charge in [-0.1, -0.05) is 0 Å². The van der Waals surface area contributed by atoms with Crippen molar-refractivity contribution in [3.05, 3.63) is 0 Å². The van der Waals surface area contributed by atoms with Gasteiger partial charge >= 0.3 is 46.8 Å². The molecule has 0 fully saturated rings. The Morgan fingerprint density at radius 1 is 1.40 bits per heavy atom. The molecule has 10 heavy (non-hydrogen) atoms. The van der Waals surface area contributed by atoms with Crippen LogP contribution in [0.5, 0.6) is 0 Å². The Labute approximate surface area is 94.6 Å². The Hall–Kier alpha value is 1.08. The average Bonchev–Trinajstić information content (AvgIpc) is 1.27. The zero-order valence-corrected chi connectivity index (χ0v) is 8.86. The van der Waals surface area contributed by atoms with Gasteiger partial charge < -0.3 is 37.3 Å². The maximum absolute atomic E-state index is 8.91. The van der Waals surface area contributed by atoms with Crippen molar-refractivity contribution in [1.29, 1.82) is 0 Å². The van der Waals surface area contributed by atoms with Crippen LogP contribution >= 0.6 is 0 Å². The molecular formula is CH6CaClNO5Si.